The van der Waals surface area contributed by atoms with Gasteiger partial charge in [0.2, 0.25) is 0 Å². The molecule has 1 aliphatic heterocycles. The summed E-state index contributed by atoms with van der Waals surface area (Å²) in [5, 5.41) is 0. The van der Waals surface area contributed by atoms with Crippen molar-refractivity contribution in [1.29, 1.82) is 0 Å². The second-order valence-electron chi connectivity index (χ2n) is 7.85. The summed E-state index contributed by atoms with van der Waals surface area (Å²) in [5.74, 6) is 0. The van der Waals surface area contributed by atoms with Crippen LogP contribution in [0.25, 0.3) is 0 Å². The summed E-state index contributed by atoms with van der Waals surface area (Å²) in [5.41, 5.74) is 8.38. The molecule has 2 aromatic rings. The molecule has 3 rings (SSSR count). The molecule has 0 fully saturated rings. The molecule has 0 amide bonds. The van der Waals surface area contributed by atoms with Crippen molar-refractivity contribution in [1.82, 2.24) is 4.48 Å². The second kappa shape index (κ2) is 5.10. The lowest BCUT2D eigenvalue weighted by molar-refractivity contribution is 0.149. The number of para-hydroxylation sites is 1. The fraction of sp³-hybridized carbons (Fsp3) is 0.429. The van der Waals surface area contributed by atoms with E-state index in [1.807, 2.05) is 0 Å². The van der Waals surface area contributed by atoms with E-state index in [9.17, 15) is 0 Å². The Kier molecular flexibility index (Phi) is 3.57. The van der Waals surface area contributed by atoms with Crippen molar-refractivity contribution < 1.29 is 0 Å². The summed E-state index contributed by atoms with van der Waals surface area (Å²) in [6.45, 7) is 12.4. The number of benzene rings is 2. The highest BCUT2D eigenvalue weighted by atomic mass is 15.5. The van der Waals surface area contributed by atoms with Gasteiger partial charge in [-0.05, 0) is 52.3 Å². The Morgan fingerprint density at radius 1 is 1.00 bits per heavy atom. The minimum atomic E-state index is 0.0186. The van der Waals surface area contributed by atoms with Gasteiger partial charge < -0.3 is 4.90 Å². The summed E-state index contributed by atoms with van der Waals surface area (Å²) in [7, 11) is 4.60. The summed E-state index contributed by atoms with van der Waals surface area (Å²) in [6.07, 6.45) is 0. The van der Waals surface area contributed by atoms with Crippen LogP contribution in [0.15, 0.2) is 36.4 Å². The third kappa shape index (κ3) is 2.20. The molecule has 0 N–H and O–H groups in total. The molecule has 23 heavy (non-hydrogen) atoms. The highest BCUT2D eigenvalue weighted by Crippen LogP contribution is 2.48. The molecular weight excluding hydrogens is 280 g/mol. The molecule has 0 spiro atoms. The predicted octanol–water partition coefficient (Wildman–Crippen LogP) is 4.89. The van der Waals surface area contributed by atoms with E-state index in [-0.39, 0.29) is 5.54 Å². The maximum atomic E-state index is 2.43. The molecule has 1 unspecified atom stereocenters. The lowest BCUT2D eigenvalue weighted by Crippen LogP contribution is -2.65. The Bertz CT molecular complexity index is 760. The number of rotatable bonds is 1. The Balaban J connectivity index is 2.29. The Labute approximate surface area is 140 Å². The normalized spacial score (nSPS) is 22.8. The molecule has 0 aromatic heterocycles. The molecule has 0 saturated heterocycles. The SMILES string of the molecule is Cc1cc(C)c2c(c1)C(C)(C)[N+](C)(c1ccccc1C)CN2C. The molecule has 1 heterocycles. The van der Waals surface area contributed by atoms with Crippen molar-refractivity contribution in [3.63, 3.8) is 0 Å². The van der Waals surface area contributed by atoms with Gasteiger partial charge in [-0.25, -0.2) is 0 Å². The van der Waals surface area contributed by atoms with Crippen LogP contribution in [0, 0.1) is 20.8 Å². The number of quaternary nitrogens is 1. The Morgan fingerprint density at radius 3 is 2.30 bits per heavy atom. The van der Waals surface area contributed by atoms with Crippen LogP contribution in [0.5, 0.6) is 0 Å². The average molecular weight is 309 g/mol. The standard InChI is InChI=1S/C21H29N2/c1-15-12-17(3)20-18(13-15)21(4,5)23(7,14-22(20)6)19-11-9-8-10-16(19)2/h8-13H,14H2,1-7H3/q+1. The fourth-order valence-corrected chi connectivity index (χ4v) is 4.37. The van der Waals surface area contributed by atoms with E-state index in [4.69, 9.17) is 0 Å². The van der Waals surface area contributed by atoms with Gasteiger partial charge >= 0.3 is 0 Å². The number of fused-ring (bicyclic) bond motifs is 1. The summed E-state index contributed by atoms with van der Waals surface area (Å²) < 4.78 is 0.895. The van der Waals surface area contributed by atoms with E-state index < -0.39 is 0 Å². The monoisotopic (exact) mass is 309 g/mol. The molecule has 2 heteroatoms. The molecule has 0 saturated carbocycles. The lowest BCUT2D eigenvalue weighted by Gasteiger charge is -2.54. The number of aryl methyl sites for hydroxylation is 3. The van der Waals surface area contributed by atoms with Crippen molar-refractivity contribution >= 4 is 11.4 Å². The fourth-order valence-electron chi connectivity index (χ4n) is 4.37. The molecule has 1 atom stereocenters. The van der Waals surface area contributed by atoms with Crippen LogP contribution < -0.4 is 9.38 Å². The van der Waals surface area contributed by atoms with E-state index >= 15 is 0 Å². The second-order valence-corrected chi connectivity index (χ2v) is 7.85. The van der Waals surface area contributed by atoms with Crippen LogP contribution in [0.1, 0.15) is 36.1 Å². The van der Waals surface area contributed by atoms with E-state index in [0.29, 0.717) is 0 Å². The van der Waals surface area contributed by atoms with Crippen LogP contribution >= 0.6 is 0 Å². The summed E-state index contributed by atoms with van der Waals surface area (Å²) >= 11 is 0. The first-order valence-corrected chi connectivity index (χ1v) is 8.43. The lowest BCUT2D eigenvalue weighted by atomic mass is 9.83. The molecule has 0 aliphatic carbocycles. The molecule has 0 radical (unpaired) electrons. The van der Waals surface area contributed by atoms with Crippen molar-refractivity contribution in [2.75, 3.05) is 25.7 Å². The van der Waals surface area contributed by atoms with E-state index in [0.717, 1.165) is 11.2 Å². The van der Waals surface area contributed by atoms with Gasteiger partial charge in [0.25, 0.3) is 0 Å². The quantitative estimate of drug-likeness (QED) is 0.678. The minimum Gasteiger partial charge on any atom is -0.327 e. The number of nitrogens with zero attached hydrogens (tertiary/aromatic N) is 2. The first-order valence-electron chi connectivity index (χ1n) is 8.43. The first-order chi connectivity index (χ1) is 10.7. The third-order valence-corrected chi connectivity index (χ3v) is 5.86. The molecule has 122 valence electrons. The minimum absolute atomic E-state index is 0.0186. The van der Waals surface area contributed by atoms with Crippen molar-refractivity contribution in [3.05, 3.63) is 58.7 Å². The number of hydrogen-bond acceptors (Lipinski definition) is 1. The van der Waals surface area contributed by atoms with Gasteiger partial charge in [0.1, 0.15) is 11.2 Å². The van der Waals surface area contributed by atoms with Crippen LogP contribution in [-0.4, -0.2) is 20.8 Å². The van der Waals surface area contributed by atoms with Crippen LogP contribution in [0.4, 0.5) is 11.4 Å². The van der Waals surface area contributed by atoms with Gasteiger partial charge in [0.15, 0.2) is 6.67 Å². The molecule has 2 nitrogen and oxygen atoms in total. The zero-order chi connectivity index (χ0) is 17.0. The number of hydrogen-bond donors (Lipinski definition) is 0. The average Bonchev–Trinajstić information content (AvgIpc) is 2.45. The molecule has 0 bridgehead atoms. The maximum Gasteiger partial charge on any atom is 0.159 e. The smallest absolute Gasteiger partial charge is 0.159 e. The Morgan fingerprint density at radius 2 is 1.65 bits per heavy atom. The Hall–Kier alpha value is -1.80. The third-order valence-electron chi connectivity index (χ3n) is 5.86. The highest BCUT2D eigenvalue weighted by Gasteiger charge is 2.50. The molecule has 1 aliphatic rings. The van der Waals surface area contributed by atoms with Crippen LogP contribution in [0.3, 0.4) is 0 Å². The first kappa shape index (κ1) is 16.1. The van der Waals surface area contributed by atoms with Gasteiger partial charge in [0, 0.05) is 18.2 Å². The van der Waals surface area contributed by atoms with Gasteiger partial charge in [0.05, 0.1) is 12.7 Å². The van der Waals surface area contributed by atoms with Gasteiger partial charge in [-0.2, -0.15) is 0 Å². The van der Waals surface area contributed by atoms with E-state index in [1.165, 1.54) is 33.6 Å². The van der Waals surface area contributed by atoms with Crippen molar-refractivity contribution in [2.45, 2.75) is 40.2 Å². The van der Waals surface area contributed by atoms with Gasteiger partial charge in [-0.15, -0.1) is 0 Å². The van der Waals surface area contributed by atoms with E-state index in [1.54, 1.807) is 0 Å². The predicted molar refractivity (Wildman–Crippen MR) is 101 cm³/mol. The topological polar surface area (TPSA) is 3.24 Å². The maximum absolute atomic E-state index is 2.43. The number of anilines is 1. The summed E-state index contributed by atoms with van der Waals surface area (Å²) in [6, 6.07) is 13.5. The van der Waals surface area contributed by atoms with Gasteiger partial charge in [-0.3, -0.25) is 4.48 Å². The summed E-state index contributed by atoms with van der Waals surface area (Å²) in [4.78, 5) is 2.43. The van der Waals surface area contributed by atoms with Gasteiger partial charge in [-0.1, -0.05) is 29.8 Å². The van der Waals surface area contributed by atoms with E-state index in [2.05, 4.69) is 90.0 Å². The molecule has 2 aromatic carbocycles. The zero-order valence-electron chi connectivity index (χ0n) is 15.6. The highest BCUT2D eigenvalue weighted by molar-refractivity contribution is 5.68. The molecular formula is C21H29N2+. The largest absolute Gasteiger partial charge is 0.327 e. The van der Waals surface area contributed by atoms with Crippen molar-refractivity contribution in [3.8, 4) is 0 Å². The van der Waals surface area contributed by atoms with Crippen LogP contribution in [0.2, 0.25) is 0 Å². The zero-order valence-corrected chi connectivity index (χ0v) is 15.6. The van der Waals surface area contributed by atoms with Crippen molar-refractivity contribution in [2.24, 2.45) is 0 Å². The van der Waals surface area contributed by atoms with Crippen LogP contribution in [-0.2, 0) is 5.54 Å².